The number of nitrogens with one attached hydrogen (secondary N) is 1. The quantitative estimate of drug-likeness (QED) is 0.887. The summed E-state index contributed by atoms with van der Waals surface area (Å²) in [6, 6.07) is 10.6. The lowest BCUT2D eigenvalue weighted by molar-refractivity contribution is -0.206. The van der Waals surface area contributed by atoms with Crippen LogP contribution in [0.3, 0.4) is 0 Å². The van der Waals surface area contributed by atoms with Gasteiger partial charge in [0, 0.05) is 26.5 Å². The molecule has 1 spiro atoms. The molecule has 25 heavy (non-hydrogen) atoms. The molecule has 0 unspecified atom stereocenters. The zero-order chi connectivity index (χ0) is 17.1. The first-order valence-corrected chi connectivity index (χ1v) is 9.55. The average Bonchev–Trinajstić information content (AvgIpc) is 3.26. The Bertz CT molecular complexity index is 546. The van der Waals surface area contributed by atoms with Crippen molar-refractivity contribution in [2.24, 2.45) is 0 Å². The number of ether oxygens (including phenoxy) is 4. The normalized spacial score (nSPS) is 34.6. The third kappa shape index (κ3) is 3.91. The summed E-state index contributed by atoms with van der Waals surface area (Å²) in [4.78, 5) is 0. The van der Waals surface area contributed by atoms with Crippen LogP contribution in [0, 0.1) is 0 Å². The first-order chi connectivity index (χ1) is 12.3. The van der Waals surface area contributed by atoms with E-state index in [4.69, 9.17) is 18.9 Å². The van der Waals surface area contributed by atoms with E-state index >= 15 is 0 Å². The molecule has 1 saturated carbocycles. The summed E-state index contributed by atoms with van der Waals surface area (Å²) in [5, 5.41) is 3.58. The van der Waals surface area contributed by atoms with Gasteiger partial charge < -0.3 is 24.3 Å². The van der Waals surface area contributed by atoms with Gasteiger partial charge in [0.1, 0.15) is 6.10 Å². The summed E-state index contributed by atoms with van der Waals surface area (Å²) < 4.78 is 24.1. The largest absolute Gasteiger partial charge is 0.354 e. The van der Waals surface area contributed by atoms with Gasteiger partial charge in [-0.1, -0.05) is 36.8 Å². The highest BCUT2D eigenvalue weighted by molar-refractivity contribution is 5.14. The Labute approximate surface area is 150 Å². The Morgan fingerprint density at radius 2 is 1.92 bits per heavy atom. The van der Waals surface area contributed by atoms with Crippen LogP contribution in [0.5, 0.6) is 0 Å². The molecule has 4 atom stereocenters. The van der Waals surface area contributed by atoms with Crippen molar-refractivity contribution in [2.75, 3.05) is 13.7 Å². The molecule has 1 N–H and O–H groups in total. The van der Waals surface area contributed by atoms with Crippen LogP contribution in [0.15, 0.2) is 30.3 Å². The number of hydrogen-bond donors (Lipinski definition) is 1. The van der Waals surface area contributed by atoms with E-state index in [-0.39, 0.29) is 30.3 Å². The number of benzene rings is 1. The molecule has 2 heterocycles. The molecule has 0 radical (unpaired) electrons. The maximum Gasteiger partial charge on any atom is 0.172 e. The van der Waals surface area contributed by atoms with Gasteiger partial charge in [-0.3, -0.25) is 0 Å². The van der Waals surface area contributed by atoms with E-state index in [9.17, 15) is 0 Å². The Balaban J connectivity index is 1.33. The summed E-state index contributed by atoms with van der Waals surface area (Å²) in [6.07, 6.45) is 6.39. The Kier molecular flexibility index (Phi) is 5.39. The van der Waals surface area contributed by atoms with Gasteiger partial charge in [-0.2, -0.15) is 0 Å². The molecule has 3 fully saturated rings. The fourth-order valence-corrected chi connectivity index (χ4v) is 4.28. The smallest absolute Gasteiger partial charge is 0.172 e. The first kappa shape index (κ1) is 17.4. The molecule has 1 aromatic carbocycles. The lowest BCUT2D eigenvalue weighted by Gasteiger charge is -2.32. The van der Waals surface area contributed by atoms with Gasteiger partial charge >= 0.3 is 0 Å². The molecule has 0 aromatic heterocycles. The van der Waals surface area contributed by atoms with Crippen LogP contribution in [-0.2, 0) is 25.5 Å². The summed E-state index contributed by atoms with van der Waals surface area (Å²) >= 11 is 0. The monoisotopic (exact) mass is 347 g/mol. The molecule has 4 rings (SSSR count). The summed E-state index contributed by atoms with van der Waals surface area (Å²) in [6.45, 7) is 1.44. The van der Waals surface area contributed by atoms with Crippen molar-refractivity contribution in [3.8, 4) is 0 Å². The van der Waals surface area contributed by atoms with Gasteiger partial charge in [-0.25, -0.2) is 0 Å². The fourth-order valence-electron chi connectivity index (χ4n) is 4.28. The Hall–Kier alpha value is -0.980. The summed E-state index contributed by atoms with van der Waals surface area (Å²) in [5.74, 6) is -0.343. The minimum absolute atomic E-state index is 0.0132. The highest BCUT2D eigenvalue weighted by Crippen LogP contribution is 2.40. The fraction of sp³-hybridized carbons (Fsp3) is 0.700. The van der Waals surface area contributed by atoms with Gasteiger partial charge in [0.05, 0.1) is 18.8 Å². The number of rotatable bonds is 5. The predicted octanol–water partition coefficient (Wildman–Crippen LogP) is 2.98. The van der Waals surface area contributed by atoms with E-state index in [1.54, 1.807) is 7.11 Å². The standard InChI is InChI=1S/C20H29NO4/c1-22-19-16(21-13-15-8-4-2-5-9-15)12-17(24-19)18-14-23-20(25-18)10-6-3-7-11-20/h2,4-5,8-9,16-19,21H,3,6-7,10-14H2,1H3/t16-,17-,18+,19-/m0/s1. The minimum Gasteiger partial charge on any atom is -0.354 e. The van der Waals surface area contributed by atoms with Crippen LogP contribution in [-0.4, -0.2) is 44.0 Å². The van der Waals surface area contributed by atoms with Crippen LogP contribution in [0.25, 0.3) is 0 Å². The van der Waals surface area contributed by atoms with Crippen molar-refractivity contribution in [2.45, 2.75) is 75.4 Å². The van der Waals surface area contributed by atoms with Crippen LogP contribution in [0.4, 0.5) is 0 Å². The van der Waals surface area contributed by atoms with Crippen LogP contribution < -0.4 is 5.32 Å². The summed E-state index contributed by atoms with van der Waals surface area (Å²) in [5.41, 5.74) is 1.27. The molecular weight excluding hydrogens is 318 g/mol. The zero-order valence-corrected chi connectivity index (χ0v) is 15.0. The molecule has 5 nitrogen and oxygen atoms in total. The highest BCUT2D eigenvalue weighted by atomic mass is 16.8. The van der Waals surface area contributed by atoms with Crippen molar-refractivity contribution in [1.29, 1.82) is 0 Å². The van der Waals surface area contributed by atoms with E-state index in [1.807, 2.05) is 6.07 Å². The topological polar surface area (TPSA) is 49.0 Å². The van der Waals surface area contributed by atoms with Gasteiger partial charge in [0.2, 0.25) is 0 Å². The lowest BCUT2D eigenvalue weighted by Crippen LogP contribution is -2.37. The van der Waals surface area contributed by atoms with Gasteiger partial charge in [-0.15, -0.1) is 0 Å². The van der Waals surface area contributed by atoms with Crippen molar-refractivity contribution < 1.29 is 18.9 Å². The molecular formula is C20H29NO4. The molecule has 0 bridgehead atoms. The van der Waals surface area contributed by atoms with E-state index in [0.29, 0.717) is 6.61 Å². The second kappa shape index (κ2) is 7.72. The van der Waals surface area contributed by atoms with E-state index in [2.05, 4.69) is 29.6 Å². The molecule has 1 aromatic rings. The number of hydrogen-bond acceptors (Lipinski definition) is 5. The lowest BCUT2D eigenvalue weighted by atomic mass is 9.94. The van der Waals surface area contributed by atoms with Crippen molar-refractivity contribution in [1.82, 2.24) is 5.32 Å². The van der Waals surface area contributed by atoms with Crippen LogP contribution >= 0.6 is 0 Å². The van der Waals surface area contributed by atoms with E-state index < -0.39 is 0 Å². The molecule has 2 saturated heterocycles. The van der Waals surface area contributed by atoms with Crippen molar-refractivity contribution in [3.63, 3.8) is 0 Å². The Morgan fingerprint density at radius 3 is 2.68 bits per heavy atom. The van der Waals surface area contributed by atoms with Gasteiger partial charge in [-0.05, 0) is 24.8 Å². The highest BCUT2D eigenvalue weighted by Gasteiger charge is 2.48. The van der Waals surface area contributed by atoms with Gasteiger partial charge in [0.15, 0.2) is 12.1 Å². The second-order valence-corrected chi connectivity index (χ2v) is 7.43. The van der Waals surface area contributed by atoms with Gasteiger partial charge in [0.25, 0.3) is 0 Å². The van der Waals surface area contributed by atoms with E-state index in [0.717, 1.165) is 25.8 Å². The molecule has 1 aliphatic carbocycles. The van der Waals surface area contributed by atoms with Crippen molar-refractivity contribution >= 4 is 0 Å². The molecule has 2 aliphatic heterocycles. The SMILES string of the molecule is CO[C@H]1O[C@H]([C@H]2COC3(CCCCC3)O2)C[C@@H]1NCc1ccccc1. The maximum absolute atomic E-state index is 6.35. The van der Waals surface area contributed by atoms with E-state index in [1.165, 1.54) is 24.8 Å². The predicted molar refractivity (Wildman–Crippen MR) is 94.0 cm³/mol. The maximum atomic E-state index is 6.35. The second-order valence-electron chi connectivity index (χ2n) is 7.43. The van der Waals surface area contributed by atoms with Crippen LogP contribution in [0.1, 0.15) is 44.1 Å². The zero-order valence-electron chi connectivity index (χ0n) is 15.0. The Morgan fingerprint density at radius 1 is 1.12 bits per heavy atom. The molecule has 138 valence electrons. The minimum atomic E-state index is -0.343. The third-order valence-corrected chi connectivity index (χ3v) is 5.67. The van der Waals surface area contributed by atoms with Crippen molar-refractivity contribution in [3.05, 3.63) is 35.9 Å². The molecule has 3 aliphatic rings. The summed E-state index contributed by atoms with van der Waals surface area (Å²) in [7, 11) is 1.71. The molecule has 0 amide bonds. The average molecular weight is 347 g/mol. The van der Waals surface area contributed by atoms with Crippen LogP contribution in [0.2, 0.25) is 0 Å². The molecule has 5 heteroatoms. The number of methoxy groups -OCH3 is 1. The first-order valence-electron chi connectivity index (χ1n) is 9.55. The third-order valence-electron chi connectivity index (χ3n) is 5.67.